The predicted octanol–water partition coefficient (Wildman–Crippen LogP) is 10.0. The van der Waals surface area contributed by atoms with Gasteiger partial charge in [0.1, 0.15) is 6.61 Å². The molecule has 1 N–H and O–H groups in total. The summed E-state index contributed by atoms with van der Waals surface area (Å²) in [4.78, 5) is 36.7. The molecule has 0 saturated heterocycles. The molecule has 0 radical (unpaired) electrons. The molecule has 0 amide bonds. The smallest absolute Gasteiger partial charge is 0.362 e. The van der Waals surface area contributed by atoms with E-state index in [1.165, 1.54) is 32.1 Å². The number of likely N-dealkylation sites (N-methyl/N-ethyl adjacent to an activating group) is 1. The van der Waals surface area contributed by atoms with Crippen LogP contribution in [0.25, 0.3) is 0 Å². The summed E-state index contributed by atoms with van der Waals surface area (Å²) < 4.78 is 17.1. The third-order valence-electron chi connectivity index (χ3n) is 8.19. The van der Waals surface area contributed by atoms with Crippen LogP contribution in [0.1, 0.15) is 129 Å². The zero-order valence-electron chi connectivity index (χ0n) is 32.8. The van der Waals surface area contributed by atoms with Crippen LogP contribution in [0.5, 0.6) is 0 Å². The molecule has 0 saturated carbocycles. The lowest BCUT2D eigenvalue weighted by molar-refractivity contribution is -0.887. The Balaban J connectivity index is 4.46. The van der Waals surface area contributed by atoms with Crippen molar-refractivity contribution < 1.29 is 38.2 Å². The monoisotopic (exact) mass is 715 g/mol. The second-order valence-corrected chi connectivity index (χ2v) is 13.9. The van der Waals surface area contributed by atoms with E-state index in [2.05, 4.69) is 50.3 Å². The van der Waals surface area contributed by atoms with E-state index in [1.807, 2.05) is 57.6 Å². The standard InChI is InChI=1S/C43H71NO7/c1-6-8-10-12-14-16-17-18-19-20-21-22-23-24-26-27-29-31-33-41(45)50-38-39(37-49-36-35-40(43(47)48)44(3,4)5)51-42(46)34-32-30-28-25-15-13-11-9-7-2/h10,12,14,16-22,25,28,39-40H,6-9,11,13,15,23-24,26-27,29-38H2,1-5H3/p+1/b12-10+,16-14+,18-17+,20-19+,22-21+,28-25+. The van der Waals surface area contributed by atoms with Crippen LogP contribution in [0.3, 0.4) is 0 Å². The average molecular weight is 715 g/mol. The summed E-state index contributed by atoms with van der Waals surface area (Å²) in [6.45, 7) is 4.52. The molecule has 0 rings (SSSR count). The van der Waals surface area contributed by atoms with Crippen molar-refractivity contribution in [3.63, 3.8) is 0 Å². The van der Waals surface area contributed by atoms with Gasteiger partial charge in [0, 0.05) is 19.3 Å². The topological polar surface area (TPSA) is 99.1 Å². The molecule has 2 atom stereocenters. The number of unbranched alkanes of at least 4 members (excludes halogenated alkanes) is 11. The fourth-order valence-corrected chi connectivity index (χ4v) is 5.12. The molecular weight excluding hydrogens is 642 g/mol. The first-order chi connectivity index (χ1) is 24.6. The van der Waals surface area contributed by atoms with E-state index in [0.717, 1.165) is 57.8 Å². The Morgan fingerprint density at radius 2 is 1.12 bits per heavy atom. The number of quaternary nitrogens is 1. The minimum Gasteiger partial charge on any atom is -0.477 e. The molecular formula is C43H72NO7+. The number of hydrogen-bond donors (Lipinski definition) is 1. The fourth-order valence-electron chi connectivity index (χ4n) is 5.12. The molecule has 0 aromatic carbocycles. The van der Waals surface area contributed by atoms with Gasteiger partial charge in [0.2, 0.25) is 0 Å². The zero-order chi connectivity index (χ0) is 37.8. The maximum Gasteiger partial charge on any atom is 0.362 e. The summed E-state index contributed by atoms with van der Waals surface area (Å²) in [6.07, 6.45) is 40.9. The Kier molecular flexibility index (Phi) is 31.7. The van der Waals surface area contributed by atoms with Crippen LogP contribution in [0.2, 0.25) is 0 Å². The number of carboxylic acid groups (broad SMARTS) is 1. The number of aliphatic carboxylic acids is 1. The molecule has 0 bridgehead atoms. The first-order valence-electron chi connectivity index (χ1n) is 19.5. The second kappa shape index (κ2) is 33.9. The van der Waals surface area contributed by atoms with Gasteiger partial charge < -0.3 is 23.8 Å². The van der Waals surface area contributed by atoms with Gasteiger partial charge in [-0.05, 0) is 51.4 Å². The summed E-state index contributed by atoms with van der Waals surface area (Å²) in [6, 6.07) is -0.624. The number of carbonyl (C=O) groups is 3. The lowest BCUT2D eigenvalue weighted by Gasteiger charge is -2.31. The molecule has 0 spiro atoms. The molecule has 0 fully saturated rings. The van der Waals surface area contributed by atoms with E-state index in [0.29, 0.717) is 19.3 Å². The van der Waals surface area contributed by atoms with Crippen LogP contribution in [-0.4, -0.2) is 80.6 Å². The minimum atomic E-state index is -0.888. The number of carboxylic acids is 1. The minimum absolute atomic E-state index is 0.0372. The molecule has 51 heavy (non-hydrogen) atoms. The molecule has 0 aromatic heterocycles. The van der Waals surface area contributed by atoms with Gasteiger partial charge in [0.05, 0.1) is 34.4 Å². The number of ether oxygens (including phenoxy) is 3. The van der Waals surface area contributed by atoms with E-state index in [4.69, 9.17) is 14.2 Å². The van der Waals surface area contributed by atoms with Crippen LogP contribution in [0.15, 0.2) is 72.9 Å². The zero-order valence-corrected chi connectivity index (χ0v) is 32.8. The SMILES string of the molecule is CCC/C=C/C=C/C=C/C=C/C=C/CCCCCCCC(=O)OCC(COCCC(C(=O)O)[N+](C)(C)C)OC(=O)CCC/C=C/CCCCCC. The van der Waals surface area contributed by atoms with Gasteiger partial charge in [0.25, 0.3) is 0 Å². The largest absolute Gasteiger partial charge is 0.477 e. The molecule has 2 unspecified atom stereocenters. The summed E-state index contributed by atoms with van der Waals surface area (Å²) in [5.41, 5.74) is 0. The Morgan fingerprint density at radius 3 is 1.73 bits per heavy atom. The maximum absolute atomic E-state index is 12.6. The number of rotatable bonds is 33. The number of hydrogen-bond acceptors (Lipinski definition) is 6. The van der Waals surface area contributed by atoms with Crippen LogP contribution in [0.4, 0.5) is 0 Å². The Morgan fingerprint density at radius 1 is 0.588 bits per heavy atom. The third kappa shape index (κ3) is 32.4. The highest BCUT2D eigenvalue weighted by Crippen LogP contribution is 2.12. The normalized spacial score (nSPS) is 13.8. The maximum atomic E-state index is 12.6. The van der Waals surface area contributed by atoms with E-state index in [9.17, 15) is 19.5 Å². The van der Waals surface area contributed by atoms with Gasteiger partial charge in [-0.25, -0.2) is 4.79 Å². The van der Waals surface area contributed by atoms with Crippen molar-refractivity contribution in [3.8, 4) is 0 Å². The summed E-state index contributed by atoms with van der Waals surface area (Å²) in [7, 11) is 5.49. The van der Waals surface area contributed by atoms with Crippen molar-refractivity contribution in [1.82, 2.24) is 0 Å². The van der Waals surface area contributed by atoms with Crippen LogP contribution >= 0.6 is 0 Å². The molecule has 0 heterocycles. The molecule has 0 aliphatic heterocycles. The number of esters is 2. The summed E-state index contributed by atoms with van der Waals surface area (Å²) in [5.74, 6) is -1.56. The summed E-state index contributed by atoms with van der Waals surface area (Å²) in [5, 5.41) is 9.57. The van der Waals surface area contributed by atoms with Gasteiger partial charge in [-0.15, -0.1) is 0 Å². The molecule has 8 nitrogen and oxygen atoms in total. The Bertz CT molecular complexity index is 1060. The fraction of sp³-hybridized carbons (Fsp3) is 0.651. The van der Waals surface area contributed by atoms with Crippen molar-refractivity contribution in [2.45, 2.75) is 142 Å². The highest BCUT2D eigenvalue weighted by atomic mass is 16.6. The number of allylic oxidation sites excluding steroid dienone is 12. The molecule has 290 valence electrons. The van der Waals surface area contributed by atoms with Crippen molar-refractivity contribution in [2.75, 3.05) is 41.0 Å². The van der Waals surface area contributed by atoms with Gasteiger partial charge in [-0.2, -0.15) is 0 Å². The van der Waals surface area contributed by atoms with Crippen molar-refractivity contribution in [2.24, 2.45) is 0 Å². The van der Waals surface area contributed by atoms with E-state index in [-0.39, 0.29) is 42.7 Å². The van der Waals surface area contributed by atoms with Crippen molar-refractivity contribution in [1.29, 1.82) is 0 Å². The highest BCUT2D eigenvalue weighted by molar-refractivity contribution is 5.72. The second-order valence-electron chi connectivity index (χ2n) is 13.9. The molecule has 8 heteroatoms. The highest BCUT2D eigenvalue weighted by Gasteiger charge is 2.31. The predicted molar refractivity (Wildman–Crippen MR) is 210 cm³/mol. The quantitative estimate of drug-likeness (QED) is 0.0238. The summed E-state index contributed by atoms with van der Waals surface area (Å²) >= 11 is 0. The average Bonchev–Trinajstić information content (AvgIpc) is 3.08. The van der Waals surface area contributed by atoms with Gasteiger partial charge in [-0.3, -0.25) is 9.59 Å². The lowest BCUT2D eigenvalue weighted by atomic mass is 10.1. The number of carbonyl (C=O) groups excluding carboxylic acids is 2. The Labute approximate surface area is 311 Å². The van der Waals surface area contributed by atoms with Crippen molar-refractivity contribution >= 4 is 17.9 Å². The lowest BCUT2D eigenvalue weighted by Crippen LogP contribution is -2.50. The molecule has 0 aromatic rings. The van der Waals surface area contributed by atoms with Crippen LogP contribution in [-0.2, 0) is 28.6 Å². The van der Waals surface area contributed by atoms with Crippen LogP contribution < -0.4 is 0 Å². The first-order valence-corrected chi connectivity index (χ1v) is 19.5. The van der Waals surface area contributed by atoms with Crippen molar-refractivity contribution in [3.05, 3.63) is 72.9 Å². The molecule has 0 aliphatic rings. The Hall–Kier alpha value is -3.23. The van der Waals surface area contributed by atoms with E-state index < -0.39 is 18.1 Å². The third-order valence-corrected chi connectivity index (χ3v) is 8.19. The van der Waals surface area contributed by atoms with E-state index in [1.54, 1.807) is 0 Å². The van der Waals surface area contributed by atoms with Gasteiger partial charge in [0.15, 0.2) is 12.1 Å². The van der Waals surface area contributed by atoms with E-state index >= 15 is 0 Å². The van der Waals surface area contributed by atoms with Gasteiger partial charge >= 0.3 is 17.9 Å². The van der Waals surface area contributed by atoms with Gasteiger partial charge in [-0.1, -0.05) is 132 Å². The van der Waals surface area contributed by atoms with Crippen LogP contribution in [0, 0.1) is 0 Å². The first kappa shape index (κ1) is 47.8. The number of nitrogens with zero attached hydrogens (tertiary/aromatic N) is 1. The molecule has 0 aliphatic carbocycles.